The van der Waals surface area contributed by atoms with Crippen molar-refractivity contribution in [3.05, 3.63) is 0 Å². The van der Waals surface area contributed by atoms with Gasteiger partial charge in [0.05, 0.1) is 11.8 Å². The predicted molar refractivity (Wildman–Crippen MR) is 70.5 cm³/mol. The molecule has 0 aliphatic carbocycles. The van der Waals surface area contributed by atoms with Crippen molar-refractivity contribution in [1.82, 2.24) is 9.62 Å². The van der Waals surface area contributed by atoms with Crippen molar-refractivity contribution >= 4 is 15.9 Å². The first-order chi connectivity index (χ1) is 8.19. The van der Waals surface area contributed by atoms with Crippen molar-refractivity contribution in [2.45, 2.75) is 44.7 Å². The van der Waals surface area contributed by atoms with Crippen LogP contribution in [0.5, 0.6) is 0 Å². The molecule has 6 nitrogen and oxygen atoms in total. The highest BCUT2D eigenvalue weighted by Crippen LogP contribution is 2.17. The second kappa shape index (κ2) is 5.54. The van der Waals surface area contributed by atoms with E-state index in [1.165, 1.54) is 10.6 Å². The Bertz CT molecular complexity index is 402. The number of carbonyl (C=O) groups excluding carboxylic acids is 1. The van der Waals surface area contributed by atoms with E-state index in [1.54, 1.807) is 6.92 Å². The van der Waals surface area contributed by atoms with Gasteiger partial charge in [0.1, 0.15) is 0 Å². The fourth-order valence-corrected chi connectivity index (χ4v) is 3.00. The molecule has 0 saturated carbocycles. The fourth-order valence-electron chi connectivity index (χ4n) is 2.13. The lowest BCUT2D eigenvalue weighted by Crippen LogP contribution is -2.58. The lowest BCUT2D eigenvalue weighted by Gasteiger charge is -2.36. The molecule has 1 saturated heterocycles. The van der Waals surface area contributed by atoms with Crippen molar-refractivity contribution in [1.29, 1.82) is 0 Å². The van der Waals surface area contributed by atoms with E-state index in [0.717, 1.165) is 0 Å². The summed E-state index contributed by atoms with van der Waals surface area (Å²) in [5, 5.41) is 3.26. The number of nitrogens with two attached hydrogens (primary N) is 1. The predicted octanol–water partition coefficient (Wildman–Crippen LogP) is -0.346. The van der Waals surface area contributed by atoms with Gasteiger partial charge in [0, 0.05) is 19.1 Å². The molecule has 1 fully saturated rings. The van der Waals surface area contributed by atoms with Gasteiger partial charge < -0.3 is 11.1 Å². The van der Waals surface area contributed by atoms with Gasteiger partial charge >= 0.3 is 0 Å². The number of hydrogen-bond donors (Lipinski definition) is 2. The Hall–Kier alpha value is -0.660. The minimum atomic E-state index is -3.10. The van der Waals surface area contributed by atoms with Gasteiger partial charge in [-0.05, 0) is 26.2 Å². The maximum Gasteiger partial charge on any atom is 0.237 e. The number of carbonyl (C=O) groups is 1. The summed E-state index contributed by atoms with van der Waals surface area (Å²) in [4.78, 5) is 11.4. The second-order valence-electron chi connectivity index (χ2n) is 5.13. The number of rotatable bonds is 5. The van der Waals surface area contributed by atoms with Gasteiger partial charge in [0.2, 0.25) is 15.9 Å². The molecule has 1 rings (SSSR count). The zero-order chi connectivity index (χ0) is 14.0. The van der Waals surface area contributed by atoms with Crippen molar-refractivity contribution in [3.63, 3.8) is 0 Å². The quantitative estimate of drug-likeness (QED) is 0.718. The molecule has 106 valence electrons. The Balaban J connectivity index is 2.57. The van der Waals surface area contributed by atoms with E-state index in [1.807, 2.05) is 6.92 Å². The summed E-state index contributed by atoms with van der Waals surface area (Å²) in [6, 6.07) is 0.139. The molecular weight excluding hydrogens is 254 g/mol. The maximum atomic E-state index is 11.4. The zero-order valence-electron chi connectivity index (χ0n) is 11.3. The number of nitrogens with one attached hydrogen (secondary N) is 1. The van der Waals surface area contributed by atoms with Crippen LogP contribution in [0.15, 0.2) is 0 Å². The number of nitrogens with zero attached hydrogens (tertiary/aromatic N) is 1. The molecule has 1 atom stereocenters. The van der Waals surface area contributed by atoms with Gasteiger partial charge in [-0.2, -0.15) is 0 Å². The standard InChI is InChI=1S/C11H23N3O3S/c1-4-11(2,10(12)15)13-9-5-7-14(8-6-9)18(3,16)17/h9,13H,4-8H2,1-3H3,(H2,12,15). The normalized spacial score (nSPS) is 22.6. The topological polar surface area (TPSA) is 92.5 Å². The third kappa shape index (κ3) is 3.66. The van der Waals surface area contributed by atoms with Crippen LogP contribution in [0, 0.1) is 0 Å². The second-order valence-corrected chi connectivity index (χ2v) is 7.11. The molecule has 0 radical (unpaired) electrons. The summed E-state index contributed by atoms with van der Waals surface area (Å²) in [7, 11) is -3.10. The average molecular weight is 277 g/mol. The van der Waals surface area contributed by atoms with Gasteiger partial charge in [-0.3, -0.25) is 4.79 Å². The van der Waals surface area contributed by atoms with Crippen LogP contribution >= 0.6 is 0 Å². The number of sulfonamides is 1. The third-order valence-corrected chi connectivity index (χ3v) is 5.00. The van der Waals surface area contributed by atoms with Gasteiger partial charge in [-0.1, -0.05) is 6.92 Å². The lowest BCUT2D eigenvalue weighted by molar-refractivity contribution is -0.124. The monoisotopic (exact) mass is 277 g/mol. The third-order valence-electron chi connectivity index (χ3n) is 3.70. The molecule has 1 heterocycles. The SMILES string of the molecule is CCC(C)(NC1CCN(S(C)(=O)=O)CC1)C(N)=O. The largest absolute Gasteiger partial charge is 0.368 e. The minimum Gasteiger partial charge on any atom is -0.368 e. The first kappa shape index (κ1) is 15.4. The van der Waals surface area contributed by atoms with Crippen molar-refractivity contribution in [2.24, 2.45) is 5.73 Å². The van der Waals surface area contributed by atoms with E-state index < -0.39 is 15.6 Å². The first-order valence-corrected chi connectivity index (χ1v) is 8.06. The molecule has 3 N–H and O–H groups in total. The molecule has 1 aliphatic rings. The average Bonchev–Trinajstić information content (AvgIpc) is 2.28. The van der Waals surface area contributed by atoms with Crippen LogP contribution in [0.2, 0.25) is 0 Å². The van der Waals surface area contributed by atoms with Crippen LogP contribution in [0.4, 0.5) is 0 Å². The highest BCUT2D eigenvalue weighted by atomic mass is 32.2. The molecule has 0 aromatic heterocycles. The van der Waals surface area contributed by atoms with Gasteiger partial charge in [-0.25, -0.2) is 12.7 Å². The highest BCUT2D eigenvalue weighted by Gasteiger charge is 2.33. The Morgan fingerprint density at radius 1 is 1.44 bits per heavy atom. The van der Waals surface area contributed by atoms with Crippen LogP contribution in [0.25, 0.3) is 0 Å². The summed E-state index contributed by atoms with van der Waals surface area (Å²) in [6.45, 7) is 4.69. The molecule has 18 heavy (non-hydrogen) atoms. The Morgan fingerprint density at radius 2 is 1.94 bits per heavy atom. The van der Waals surface area contributed by atoms with E-state index in [-0.39, 0.29) is 11.9 Å². The molecule has 1 unspecified atom stereocenters. The highest BCUT2D eigenvalue weighted by molar-refractivity contribution is 7.88. The van der Waals surface area contributed by atoms with Crippen molar-refractivity contribution < 1.29 is 13.2 Å². The van der Waals surface area contributed by atoms with Gasteiger partial charge in [0.15, 0.2) is 0 Å². The molecule has 0 aromatic rings. The van der Waals surface area contributed by atoms with E-state index in [4.69, 9.17) is 5.73 Å². The molecule has 1 aliphatic heterocycles. The number of amides is 1. The molecule has 7 heteroatoms. The molecule has 0 aromatic carbocycles. The molecule has 0 bridgehead atoms. The Labute approximate surface area is 109 Å². The number of hydrogen-bond acceptors (Lipinski definition) is 4. The fraction of sp³-hybridized carbons (Fsp3) is 0.909. The Kier molecular flexibility index (Phi) is 4.74. The smallest absolute Gasteiger partial charge is 0.237 e. The van der Waals surface area contributed by atoms with Crippen LogP contribution in [-0.4, -0.2) is 49.6 Å². The summed E-state index contributed by atoms with van der Waals surface area (Å²) in [5.41, 5.74) is 4.68. The molecule has 1 amide bonds. The van der Waals surface area contributed by atoms with Crippen LogP contribution in [0.1, 0.15) is 33.1 Å². The maximum absolute atomic E-state index is 11.4. The molecular formula is C11H23N3O3S. The van der Waals surface area contributed by atoms with Crippen molar-refractivity contribution in [3.8, 4) is 0 Å². The van der Waals surface area contributed by atoms with Crippen LogP contribution < -0.4 is 11.1 Å². The molecule has 0 spiro atoms. The lowest BCUT2D eigenvalue weighted by atomic mass is 9.94. The summed E-state index contributed by atoms with van der Waals surface area (Å²) in [6.07, 6.45) is 3.25. The Morgan fingerprint density at radius 3 is 2.28 bits per heavy atom. The van der Waals surface area contributed by atoms with E-state index in [9.17, 15) is 13.2 Å². The van der Waals surface area contributed by atoms with E-state index in [2.05, 4.69) is 5.32 Å². The van der Waals surface area contributed by atoms with E-state index in [0.29, 0.717) is 32.4 Å². The van der Waals surface area contributed by atoms with Gasteiger partial charge in [0.25, 0.3) is 0 Å². The number of primary amides is 1. The van der Waals surface area contributed by atoms with Gasteiger partial charge in [-0.15, -0.1) is 0 Å². The first-order valence-electron chi connectivity index (χ1n) is 6.22. The minimum absolute atomic E-state index is 0.139. The van der Waals surface area contributed by atoms with E-state index >= 15 is 0 Å². The van der Waals surface area contributed by atoms with Crippen molar-refractivity contribution in [2.75, 3.05) is 19.3 Å². The summed E-state index contributed by atoms with van der Waals surface area (Å²) < 4.78 is 24.2. The summed E-state index contributed by atoms with van der Waals surface area (Å²) >= 11 is 0. The number of piperidine rings is 1. The zero-order valence-corrected chi connectivity index (χ0v) is 12.1. The van der Waals surface area contributed by atoms with Crippen LogP contribution in [-0.2, 0) is 14.8 Å². The summed E-state index contributed by atoms with van der Waals surface area (Å²) in [5.74, 6) is -0.365. The van der Waals surface area contributed by atoms with Crippen LogP contribution in [0.3, 0.4) is 0 Å².